The number of rotatable bonds is 18. The molecule has 9 aromatic rings. The molecule has 0 aliphatic carbocycles. The molecule has 52 heteroatoms. The van der Waals surface area contributed by atoms with Crippen molar-refractivity contribution in [2.24, 2.45) is 0 Å². The molecule has 0 fully saturated rings. The Balaban J connectivity index is 0.000000316. The van der Waals surface area contributed by atoms with Crippen LogP contribution < -0.4 is 4.90 Å². The van der Waals surface area contributed by atoms with Gasteiger partial charge in [0.25, 0.3) is 0 Å². The zero-order chi connectivity index (χ0) is 93.4. The van der Waals surface area contributed by atoms with Crippen LogP contribution in [0.2, 0.25) is 0 Å². The Labute approximate surface area is 646 Å². The molecule has 662 valence electrons. The quantitative estimate of drug-likeness (QED) is 0.0232. The van der Waals surface area contributed by atoms with Crippen LogP contribution in [0.4, 0.5) is 216 Å². The number of nitrogens with zero attached hydrogens (tertiary/aromatic N) is 1. The van der Waals surface area contributed by atoms with Crippen molar-refractivity contribution in [1.82, 2.24) is 0 Å². The molecule has 0 atom stereocenters. The minimum atomic E-state index is -5.75. The van der Waals surface area contributed by atoms with Crippen LogP contribution >= 0.6 is 0 Å². The van der Waals surface area contributed by atoms with Crippen LogP contribution in [0.5, 0.6) is 0 Å². The normalized spacial score (nSPS) is 11.4. The summed E-state index contributed by atoms with van der Waals surface area (Å²) < 4.78 is 655. The molecule has 0 amide bonds. The molecule has 1 N–H and O–H groups in total. The average Bonchev–Trinajstić information content (AvgIpc) is 0.747. The fraction of sp³-hybridized carbons (Fsp3) is 0.217. The summed E-state index contributed by atoms with van der Waals surface area (Å²) in [6.45, 7) is 2.84. The molecular formula is C69H30AlF48NO2. The predicted molar refractivity (Wildman–Crippen MR) is 316 cm³/mol. The molecule has 121 heavy (non-hydrogen) atoms. The topological polar surface area (TPSA) is 40.5 Å². The molecule has 0 unspecified atom stereocenters. The van der Waals surface area contributed by atoms with Crippen LogP contribution in [0.1, 0.15) is 71.6 Å². The zero-order valence-electron chi connectivity index (χ0n) is 57.8. The van der Waals surface area contributed by atoms with Gasteiger partial charge in [0.05, 0.1) is 50.2 Å². The van der Waals surface area contributed by atoms with E-state index in [1.165, 1.54) is 0 Å². The Bertz CT molecular complexity index is 4380. The molecule has 0 bridgehead atoms. The predicted octanol–water partition coefficient (Wildman–Crippen LogP) is 26.1. The Hall–Kier alpha value is -10.4. The van der Waals surface area contributed by atoms with Gasteiger partial charge >= 0.3 is 41.3 Å². The summed E-state index contributed by atoms with van der Waals surface area (Å²) in [5, 5.41) is 0. The molecular weight excluding hydrogens is 1810 g/mol. The van der Waals surface area contributed by atoms with E-state index >= 15 is 0 Å². The van der Waals surface area contributed by atoms with Crippen molar-refractivity contribution in [3.8, 4) is 44.5 Å². The molecule has 0 aliphatic heterocycles. The van der Waals surface area contributed by atoms with Gasteiger partial charge in [-0.3, -0.25) is 0 Å². The monoisotopic (exact) mass is 1840 g/mol. The second-order valence-electron chi connectivity index (χ2n) is 23.1. The summed E-state index contributed by atoms with van der Waals surface area (Å²) in [6, 6.07) is -3.94. The third kappa shape index (κ3) is 20.0. The number of benzene rings is 9. The maximum absolute atomic E-state index is 14.8. The summed E-state index contributed by atoms with van der Waals surface area (Å²) in [5.74, 6) is -120. The Morgan fingerprint density at radius 1 is 0.256 bits per heavy atom. The summed E-state index contributed by atoms with van der Waals surface area (Å²) in [5.41, 5.74) is -19.1. The number of halogens is 48. The van der Waals surface area contributed by atoms with Crippen molar-refractivity contribution in [2.45, 2.75) is 89.5 Å². The van der Waals surface area contributed by atoms with E-state index < -0.39 is 341 Å². The number of alkyl halides is 6. The summed E-state index contributed by atoms with van der Waals surface area (Å²) in [7, 11) is 0. The van der Waals surface area contributed by atoms with Gasteiger partial charge < -0.3 is 4.90 Å². The number of hydrogen-bond donors (Lipinski definition) is 1. The molecule has 0 spiro atoms. The SMILES string of the molecule is CCCCCCN(c1ccc(F)cc1F)C(F)(F)C(F)(F)C(F)(F)CCCCCC.Fc1c(F)c(F)c(-c2c(F)c(F)c(F)c(F)c2F)c(F)c1F.Fc1c(F)c(F)c(-c2c(F)c(F)c(F)c(F)c2F)c(F)c1F.Fc1c(F)c(F)c(-c2c(F)c(F)c(F)c(F)c2F)c(F)c1F.Fc1c(F)c(F)c(-c2c(F)c(F)c(F)c(F)c2F)c(F)c1F.[O]=[Al][OH]. The fourth-order valence-corrected chi connectivity index (χ4v) is 9.72. The van der Waals surface area contributed by atoms with Crippen molar-refractivity contribution >= 4 is 21.2 Å². The number of anilines is 1. The fourth-order valence-electron chi connectivity index (χ4n) is 9.72. The van der Waals surface area contributed by atoms with E-state index in [1.54, 1.807) is 6.92 Å². The first-order valence-electron chi connectivity index (χ1n) is 31.3. The van der Waals surface area contributed by atoms with Crippen molar-refractivity contribution in [1.29, 1.82) is 0 Å². The summed E-state index contributed by atoms with van der Waals surface area (Å²) in [6.07, 6.45) is 1.28. The number of unbranched alkanes of at least 4 members (excludes halogenated alkanes) is 6. The summed E-state index contributed by atoms with van der Waals surface area (Å²) >= 11 is -1.50. The van der Waals surface area contributed by atoms with Gasteiger partial charge in [-0.2, -0.15) is 26.3 Å². The van der Waals surface area contributed by atoms with Gasteiger partial charge in [-0.15, -0.1) is 0 Å². The van der Waals surface area contributed by atoms with E-state index in [9.17, 15) is 211 Å². The van der Waals surface area contributed by atoms with E-state index in [-0.39, 0.29) is 30.2 Å². The molecule has 9 rings (SSSR count). The Morgan fingerprint density at radius 2 is 0.421 bits per heavy atom. The van der Waals surface area contributed by atoms with E-state index in [0.717, 1.165) is 0 Å². The second-order valence-corrected chi connectivity index (χ2v) is 23.3. The van der Waals surface area contributed by atoms with Crippen molar-refractivity contribution < 1.29 is 219 Å². The molecule has 9 aromatic carbocycles. The van der Waals surface area contributed by atoms with Crippen LogP contribution in [-0.2, 0) is 3.80 Å². The van der Waals surface area contributed by atoms with Gasteiger partial charge in [0.1, 0.15) is 11.6 Å². The Kier molecular flexibility index (Phi) is 34.8. The van der Waals surface area contributed by atoms with Crippen molar-refractivity contribution in [3.63, 3.8) is 0 Å². The Morgan fingerprint density at radius 3 is 0.587 bits per heavy atom. The third-order valence-electron chi connectivity index (χ3n) is 15.6. The first-order valence-corrected chi connectivity index (χ1v) is 32.3. The summed E-state index contributed by atoms with van der Waals surface area (Å²) in [4.78, 5) is -0.350. The van der Waals surface area contributed by atoms with E-state index in [4.69, 9.17) is 7.96 Å². The van der Waals surface area contributed by atoms with Crippen LogP contribution in [-0.4, -0.2) is 44.1 Å². The minimum absolute atomic E-state index is 0.0433. The van der Waals surface area contributed by atoms with Gasteiger partial charge in [0.15, 0.2) is 186 Å². The zero-order valence-corrected chi connectivity index (χ0v) is 59.0. The number of hydrogen-bond acceptors (Lipinski definition) is 2. The van der Waals surface area contributed by atoms with Crippen molar-refractivity contribution in [3.05, 3.63) is 263 Å². The molecule has 0 saturated heterocycles. The van der Waals surface area contributed by atoms with Gasteiger partial charge in [0.2, 0.25) is 46.5 Å². The van der Waals surface area contributed by atoms with E-state index in [2.05, 4.69) is 0 Å². The van der Waals surface area contributed by atoms with E-state index in [1.807, 2.05) is 6.92 Å². The standard InChI is InChI=1S/C21H29F8N.4C12F10.Al.H2O.O/c1-3-5-7-9-13-19(24,25)20(26,27)21(28,29)30(14-10-8-6-4-2)18-12-11-16(22)15-17(18)23;4*13-3-1(4(14)8(18)11(21)7(3)17)2-5(15)9(19)12(22)10(20)6(2)16;;;/h11-12,15H,3-10,13-14H2,1-2H3;;;;;;1H2;/q;;;;;+1;;/p-1. The van der Waals surface area contributed by atoms with Crippen LogP contribution in [0.3, 0.4) is 0 Å². The van der Waals surface area contributed by atoms with Gasteiger partial charge in [0, 0.05) is 19.0 Å². The van der Waals surface area contributed by atoms with Crippen LogP contribution in [0, 0.1) is 244 Å². The van der Waals surface area contributed by atoms with E-state index in [0.29, 0.717) is 44.2 Å². The van der Waals surface area contributed by atoms with Gasteiger partial charge in [-0.1, -0.05) is 52.4 Å². The molecule has 0 heterocycles. The first-order chi connectivity index (χ1) is 55.8. The van der Waals surface area contributed by atoms with Gasteiger partial charge in [-0.25, -0.2) is 184 Å². The molecule has 0 aliphatic rings. The van der Waals surface area contributed by atoms with Crippen LogP contribution in [0.15, 0.2) is 18.2 Å². The molecule has 0 aromatic heterocycles. The molecule has 0 radical (unpaired) electrons. The molecule has 0 saturated carbocycles. The molecule has 3 nitrogen and oxygen atoms in total. The average molecular weight is 1840 g/mol. The van der Waals surface area contributed by atoms with Crippen LogP contribution in [0.25, 0.3) is 44.5 Å². The van der Waals surface area contributed by atoms with Gasteiger partial charge in [-0.05, 0) is 25.0 Å². The third-order valence-corrected chi connectivity index (χ3v) is 15.6. The second kappa shape index (κ2) is 40.9. The van der Waals surface area contributed by atoms with Crippen molar-refractivity contribution in [2.75, 3.05) is 11.4 Å². The first kappa shape index (κ1) is 103. The maximum atomic E-state index is 14.8.